The number of hydrogen-bond acceptors (Lipinski definition) is 3. The Labute approximate surface area is 229 Å². The van der Waals surface area contributed by atoms with Crippen molar-refractivity contribution in [3.8, 4) is 21.7 Å². The summed E-state index contributed by atoms with van der Waals surface area (Å²) in [5.41, 5.74) is 8.53. The van der Waals surface area contributed by atoms with Crippen molar-refractivity contribution in [3.05, 3.63) is 89.3 Å². The molecule has 0 aliphatic carbocycles. The Bertz CT molecular complexity index is 1830. The Kier molecular flexibility index (Phi) is 5.96. The number of pyridine rings is 1. The summed E-state index contributed by atoms with van der Waals surface area (Å²) in [6.07, 6.45) is 3.00. The number of aromatic nitrogens is 1. The van der Waals surface area contributed by atoms with Crippen LogP contribution < -0.4 is 0 Å². The maximum absolute atomic E-state index is 6.12. The lowest BCUT2D eigenvalue weighted by Gasteiger charge is -2.22. The summed E-state index contributed by atoms with van der Waals surface area (Å²) >= 11 is 1.86. The van der Waals surface area contributed by atoms with Gasteiger partial charge in [-0.05, 0) is 101 Å². The largest absolute Gasteiger partial charge is 0.461 e. The minimum atomic E-state index is 0.0336. The molecule has 0 radical (unpaired) electrons. The van der Waals surface area contributed by atoms with Crippen LogP contribution in [-0.4, -0.2) is 4.98 Å². The number of aryl methyl sites for hydroxylation is 2. The highest BCUT2D eigenvalue weighted by atomic mass is 32.1. The summed E-state index contributed by atoms with van der Waals surface area (Å²) in [6.45, 7) is 15.8. The molecule has 0 bridgehead atoms. The standard InChI is InChI=1S/C35H35NOS/c1-20(2)16-28-22(4)37-31-13-12-24(18-29(28)31)33-21(3)26-14-15-36-32(34(26)38-33)25-17-23-10-8-9-11-27(23)30(19-25)35(5,6)7/h8-15,17-20H,16H2,1-7H3. The van der Waals surface area contributed by atoms with Crippen LogP contribution in [0.25, 0.3) is 53.5 Å². The molecule has 0 aliphatic heterocycles. The van der Waals surface area contributed by atoms with E-state index in [0.717, 1.165) is 23.5 Å². The van der Waals surface area contributed by atoms with Gasteiger partial charge in [0.25, 0.3) is 0 Å². The molecule has 0 saturated heterocycles. The number of thiophene rings is 1. The molecule has 6 rings (SSSR count). The van der Waals surface area contributed by atoms with Crippen molar-refractivity contribution in [2.75, 3.05) is 0 Å². The van der Waals surface area contributed by atoms with Gasteiger partial charge in [0.2, 0.25) is 0 Å². The second-order valence-corrected chi connectivity index (χ2v) is 13.1. The third-order valence-corrected chi connectivity index (χ3v) is 9.03. The predicted molar refractivity (Wildman–Crippen MR) is 164 cm³/mol. The van der Waals surface area contributed by atoms with Crippen molar-refractivity contribution in [2.24, 2.45) is 5.92 Å². The van der Waals surface area contributed by atoms with E-state index < -0.39 is 0 Å². The molecule has 0 atom stereocenters. The molecule has 3 aromatic heterocycles. The molecule has 2 nitrogen and oxygen atoms in total. The molecule has 3 heterocycles. The molecule has 0 fully saturated rings. The van der Waals surface area contributed by atoms with Crippen LogP contribution in [0.1, 0.15) is 57.1 Å². The van der Waals surface area contributed by atoms with Gasteiger partial charge in [0, 0.05) is 27.6 Å². The van der Waals surface area contributed by atoms with E-state index in [-0.39, 0.29) is 5.41 Å². The molecule has 0 unspecified atom stereocenters. The Morgan fingerprint density at radius 3 is 2.42 bits per heavy atom. The van der Waals surface area contributed by atoms with E-state index in [2.05, 4.69) is 109 Å². The molecule has 0 spiro atoms. The highest BCUT2D eigenvalue weighted by Gasteiger charge is 2.21. The first-order valence-corrected chi connectivity index (χ1v) is 14.4. The highest BCUT2D eigenvalue weighted by molar-refractivity contribution is 7.23. The second kappa shape index (κ2) is 9.10. The van der Waals surface area contributed by atoms with Gasteiger partial charge in [0.05, 0.1) is 10.4 Å². The molecule has 0 amide bonds. The van der Waals surface area contributed by atoms with Crippen molar-refractivity contribution in [1.82, 2.24) is 4.98 Å². The van der Waals surface area contributed by atoms with Crippen LogP contribution >= 0.6 is 11.3 Å². The topological polar surface area (TPSA) is 26.0 Å². The predicted octanol–water partition coefficient (Wildman–Crippen LogP) is 10.6. The third kappa shape index (κ3) is 4.14. The van der Waals surface area contributed by atoms with E-state index in [1.54, 1.807) is 0 Å². The molecule has 0 N–H and O–H groups in total. The zero-order chi connectivity index (χ0) is 26.8. The SMILES string of the molecule is Cc1oc2ccc(-c3sc4c(-c5cc(C(C)(C)C)c6ccccc6c5)nccc4c3C)cc2c1CC(C)C. The number of furan rings is 1. The Balaban J connectivity index is 1.55. The van der Waals surface area contributed by atoms with Crippen LogP contribution in [0.2, 0.25) is 0 Å². The molecular formula is C35H35NOS. The smallest absolute Gasteiger partial charge is 0.134 e. The Morgan fingerprint density at radius 2 is 1.66 bits per heavy atom. The summed E-state index contributed by atoms with van der Waals surface area (Å²) in [4.78, 5) is 6.26. The summed E-state index contributed by atoms with van der Waals surface area (Å²) in [7, 11) is 0. The maximum Gasteiger partial charge on any atom is 0.134 e. The molecule has 0 aliphatic rings. The van der Waals surface area contributed by atoms with Crippen molar-refractivity contribution >= 4 is 43.2 Å². The second-order valence-electron chi connectivity index (χ2n) is 12.0. The van der Waals surface area contributed by atoms with Crippen molar-refractivity contribution in [3.63, 3.8) is 0 Å². The van der Waals surface area contributed by atoms with Gasteiger partial charge in [-0.2, -0.15) is 0 Å². The van der Waals surface area contributed by atoms with Gasteiger partial charge >= 0.3 is 0 Å². The van der Waals surface area contributed by atoms with Gasteiger partial charge in [-0.25, -0.2) is 0 Å². The van der Waals surface area contributed by atoms with E-state index in [1.807, 2.05) is 17.5 Å². The Hall–Kier alpha value is -3.43. The fourth-order valence-electron chi connectivity index (χ4n) is 5.77. The first-order chi connectivity index (χ1) is 18.1. The number of fused-ring (bicyclic) bond motifs is 3. The molecular weight excluding hydrogens is 482 g/mol. The van der Waals surface area contributed by atoms with Crippen LogP contribution in [0, 0.1) is 19.8 Å². The van der Waals surface area contributed by atoms with Crippen molar-refractivity contribution < 1.29 is 4.42 Å². The Morgan fingerprint density at radius 1 is 0.868 bits per heavy atom. The average Bonchev–Trinajstić information content (AvgIpc) is 3.38. The molecule has 192 valence electrons. The van der Waals surface area contributed by atoms with Crippen LogP contribution in [0.3, 0.4) is 0 Å². The third-order valence-electron chi connectivity index (χ3n) is 7.66. The van der Waals surface area contributed by atoms with Crippen molar-refractivity contribution in [2.45, 2.75) is 60.3 Å². The molecule has 6 aromatic rings. The maximum atomic E-state index is 6.12. The lowest BCUT2D eigenvalue weighted by Crippen LogP contribution is -2.12. The first-order valence-electron chi connectivity index (χ1n) is 13.6. The minimum absolute atomic E-state index is 0.0336. The number of hydrogen-bond donors (Lipinski definition) is 0. The average molecular weight is 518 g/mol. The van der Waals surface area contributed by atoms with Gasteiger partial charge in [-0.15, -0.1) is 11.3 Å². The number of benzene rings is 3. The van der Waals surface area contributed by atoms with Gasteiger partial charge in [-0.3, -0.25) is 4.98 Å². The van der Waals surface area contributed by atoms with Gasteiger partial charge in [-0.1, -0.05) is 58.9 Å². The van der Waals surface area contributed by atoms with Crippen LogP contribution in [0.15, 0.2) is 71.3 Å². The van der Waals surface area contributed by atoms with E-state index in [9.17, 15) is 0 Å². The number of nitrogens with zero attached hydrogens (tertiary/aromatic N) is 1. The van der Waals surface area contributed by atoms with E-state index >= 15 is 0 Å². The van der Waals surface area contributed by atoms with E-state index in [0.29, 0.717) is 5.92 Å². The summed E-state index contributed by atoms with van der Waals surface area (Å²) < 4.78 is 7.37. The highest BCUT2D eigenvalue weighted by Crippen LogP contribution is 2.44. The molecule has 0 saturated carbocycles. The van der Waals surface area contributed by atoms with Crippen molar-refractivity contribution in [1.29, 1.82) is 0 Å². The van der Waals surface area contributed by atoms with Gasteiger partial charge in [0.1, 0.15) is 11.3 Å². The first kappa shape index (κ1) is 24.9. The summed E-state index contributed by atoms with van der Waals surface area (Å²) in [5.74, 6) is 1.62. The lowest BCUT2D eigenvalue weighted by molar-refractivity contribution is 0.560. The van der Waals surface area contributed by atoms with Crippen LogP contribution in [0.5, 0.6) is 0 Å². The molecule has 3 aromatic carbocycles. The fourth-order valence-corrected chi connectivity index (χ4v) is 7.08. The van der Waals surface area contributed by atoms with Crippen LogP contribution in [-0.2, 0) is 11.8 Å². The normalized spacial score (nSPS) is 12.4. The summed E-state index contributed by atoms with van der Waals surface area (Å²) in [6, 6.07) is 22.2. The van der Waals surface area contributed by atoms with Gasteiger partial charge < -0.3 is 4.42 Å². The zero-order valence-corrected chi connectivity index (χ0v) is 24.2. The molecule has 38 heavy (non-hydrogen) atoms. The lowest BCUT2D eigenvalue weighted by atomic mass is 9.82. The van der Waals surface area contributed by atoms with E-state index in [4.69, 9.17) is 9.40 Å². The van der Waals surface area contributed by atoms with Gasteiger partial charge in [0.15, 0.2) is 0 Å². The molecule has 3 heteroatoms. The number of rotatable bonds is 4. The minimum Gasteiger partial charge on any atom is -0.461 e. The summed E-state index contributed by atoms with van der Waals surface area (Å²) in [5, 5.41) is 5.11. The van der Waals surface area contributed by atoms with E-state index in [1.165, 1.54) is 58.9 Å². The fraction of sp³-hybridized carbons (Fsp3) is 0.286. The zero-order valence-electron chi connectivity index (χ0n) is 23.4. The quantitative estimate of drug-likeness (QED) is 0.232. The monoisotopic (exact) mass is 517 g/mol. The van der Waals surface area contributed by atoms with Crippen LogP contribution in [0.4, 0.5) is 0 Å².